The Morgan fingerprint density at radius 1 is 1.38 bits per heavy atom. The van der Waals surface area contributed by atoms with E-state index in [0.29, 0.717) is 5.25 Å². The maximum atomic E-state index is 8.90. The van der Waals surface area contributed by atoms with Gasteiger partial charge in [0.05, 0.1) is 11.6 Å². The molecule has 1 aromatic rings. The molecule has 1 aromatic carbocycles. The van der Waals surface area contributed by atoms with Crippen molar-refractivity contribution in [2.24, 2.45) is 0 Å². The van der Waals surface area contributed by atoms with E-state index in [-0.39, 0.29) is 0 Å². The first-order valence-electron chi connectivity index (χ1n) is 4.19. The number of nitriles is 1. The second-order valence-electron chi connectivity index (χ2n) is 2.88. The second kappa shape index (κ2) is 3.68. The molecular weight excluding hydrogens is 178 g/mol. The van der Waals surface area contributed by atoms with Gasteiger partial charge in [0, 0.05) is 11.0 Å². The minimum absolute atomic E-state index is 0.385. The molecule has 1 aliphatic rings. The fourth-order valence-corrected chi connectivity index (χ4v) is 2.47. The zero-order valence-electron chi connectivity index (χ0n) is 7.10. The van der Waals surface area contributed by atoms with Crippen molar-refractivity contribution in [3.63, 3.8) is 0 Å². The average molecular weight is 187 g/mol. The normalized spacial score (nSPS) is 20.1. The lowest BCUT2D eigenvalue weighted by Gasteiger charge is -2.08. The van der Waals surface area contributed by atoms with Crippen molar-refractivity contribution >= 4 is 11.8 Å². The smallest absolute Gasteiger partial charge is 0.0995 e. The van der Waals surface area contributed by atoms with Crippen LogP contribution in [-0.4, -0.2) is 5.75 Å². The van der Waals surface area contributed by atoms with E-state index in [0.717, 1.165) is 16.9 Å². The van der Waals surface area contributed by atoms with Crippen LogP contribution in [-0.2, 0) is 0 Å². The third-order valence-electron chi connectivity index (χ3n) is 2.07. The molecule has 0 aromatic heterocycles. The van der Waals surface area contributed by atoms with Gasteiger partial charge in [0.1, 0.15) is 0 Å². The van der Waals surface area contributed by atoms with Crippen LogP contribution in [0.4, 0.5) is 0 Å². The summed E-state index contributed by atoms with van der Waals surface area (Å²) in [4.78, 5) is 0. The topological polar surface area (TPSA) is 23.8 Å². The molecule has 0 N–H and O–H groups in total. The third kappa shape index (κ3) is 1.61. The summed E-state index contributed by atoms with van der Waals surface area (Å²) < 4.78 is 0. The molecular formula is C11H9NS. The molecule has 64 valence electrons. The lowest BCUT2D eigenvalue weighted by atomic mass is 10.1. The molecule has 0 fully saturated rings. The van der Waals surface area contributed by atoms with Gasteiger partial charge in [-0.1, -0.05) is 30.4 Å². The molecule has 1 atom stereocenters. The Kier molecular flexibility index (Phi) is 2.37. The molecule has 0 amide bonds. The van der Waals surface area contributed by atoms with Crippen LogP contribution >= 0.6 is 11.8 Å². The fraction of sp³-hybridized carbons (Fsp3) is 0.182. The van der Waals surface area contributed by atoms with Gasteiger partial charge in [0.15, 0.2) is 0 Å². The van der Waals surface area contributed by atoms with Gasteiger partial charge >= 0.3 is 0 Å². The maximum absolute atomic E-state index is 8.90. The van der Waals surface area contributed by atoms with Crippen LogP contribution in [0.25, 0.3) is 0 Å². The van der Waals surface area contributed by atoms with E-state index in [1.165, 1.54) is 0 Å². The third-order valence-corrected chi connectivity index (χ3v) is 3.23. The largest absolute Gasteiger partial charge is 0.192 e. The molecule has 1 heterocycles. The van der Waals surface area contributed by atoms with Crippen LogP contribution in [0.2, 0.25) is 0 Å². The highest BCUT2D eigenvalue weighted by molar-refractivity contribution is 8.00. The Morgan fingerprint density at radius 3 is 2.92 bits per heavy atom. The van der Waals surface area contributed by atoms with E-state index in [1.807, 2.05) is 36.0 Å². The first-order chi connectivity index (χ1) is 6.42. The van der Waals surface area contributed by atoms with Crippen LogP contribution in [0, 0.1) is 11.3 Å². The summed E-state index contributed by atoms with van der Waals surface area (Å²) in [6.07, 6.45) is 4.32. The number of hydrogen-bond donors (Lipinski definition) is 0. The van der Waals surface area contributed by atoms with Gasteiger partial charge in [0.2, 0.25) is 0 Å². The first kappa shape index (κ1) is 8.40. The molecule has 13 heavy (non-hydrogen) atoms. The van der Waals surface area contributed by atoms with Crippen molar-refractivity contribution < 1.29 is 0 Å². The molecule has 0 radical (unpaired) electrons. The predicted octanol–water partition coefficient (Wildman–Crippen LogP) is 2.90. The van der Waals surface area contributed by atoms with Gasteiger partial charge in [0.25, 0.3) is 0 Å². The van der Waals surface area contributed by atoms with Gasteiger partial charge in [-0.15, -0.1) is 11.8 Å². The molecule has 1 nitrogen and oxygen atoms in total. The molecule has 2 heteroatoms. The zero-order valence-corrected chi connectivity index (χ0v) is 7.92. The standard InChI is InChI=1S/C11H9NS/c12-8-9-4-1-2-5-10(9)11-6-3-7-13-11/h1-6,11H,7H2. The molecule has 0 bridgehead atoms. The van der Waals surface area contributed by atoms with Crippen molar-refractivity contribution in [2.45, 2.75) is 5.25 Å². The van der Waals surface area contributed by atoms with Gasteiger partial charge in [-0.3, -0.25) is 0 Å². The summed E-state index contributed by atoms with van der Waals surface area (Å²) >= 11 is 1.86. The Hall–Kier alpha value is -1.20. The van der Waals surface area contributed by atoms with E-state index in [2.05, 4.69) is 18.2 Å². The SMILES string of the molecule is N#Cc1ccccc1C1C=CCS1. The van der Waals surface area contributed by atoms with E-state index in [4.69, 9.17) is 5.26 Å². The van der Waals surface area contributed by atoms with Gasteiger partial charge < -0.3 is 0 Å². The lowest BCUT2D eigenvalue weighted by molar-refractivity contribution is 1.22. The molecule has 2 rings (SSSR count). The van der Waals surface area contributed by atoms with Gasteiger partial charge in [-0.2, -0.15) is 5.26 Å². The van der Waals surface area contributed by atoms with Crippen LogP contribution in [0.15, 0.2) is 36.4 Å². The van der Waals surface area contributed by atoms with Crippen LogP contribution < -0.4 is 0 Å². The lowest BCUT2D eigenvalue weighted by Crippen LogP contribution is -1.91. The number of hydrogen-bond acceptors (Lipinski definition) is 2. The van der Waals surface area contributed by atoms with Gasteiger partial charge in [-0.25, -0.2) is 0 Å². The molecule has 0 aliphatic carbocycles. The van der Waals surface area contributed by atoms with Crippen molar-refractivity contribution in [3.8, 4) is 6.07 Å². The summed E-state index contributed by atoms with van der Waals surface area (Å²) in [6, 6.07) is 10.0. The predicted molar refractivity (Wildman–Crippen MR) is 55.5 cm³/mol. The summed E-state index contributed by atoms with van der Waals surface area (Å²) in [5.41, 5.74) is 1.94. The summed E-state index contributed by atoms with van der Waals surface area (Å²) in [5.74, 6) is 1.06. The van der Waals surface area contributed by atoms with E-state index < -0.39 is 0 Å². The average Bonchev–Trinajstić information content (AvgIpc) is 2.70. The summed E-state index contributed by atoms with van der Waals surface area (Å²) in [6.45, 7) is 0. The van der Waals surface area contributed by atoms with Gasteiger partial charge in [-0.05, 0) is 11.6 Å². The minimum Gasteiger partial charge on any atom is -0.192 e. The number of thioether (sulfide) groups is 1. The Balaban J connectivity index is 2.39. The number of benzene rings is 1. The molecule has 0 spiro atoms. The monoisotopic (exact) mass is 187 g/mol. The Bertz CT molecular complexity index is 376. The van der Waals surface area contributed by atoms with Crippen molar-refractivity contribution in [2.75, 3.05) is 5.75 Å². The Morgan fingerprint density at radius 2 is 2.23 bits per heavy atom. The molecule has 0 saturated heterocycles. The maximum Gasteiger partial charge on any atom is 0.0995 e. The Labute approximate surface area is 82.1 Å². The highest BCUT2D eigenvalue weighted by Gasteiger charge is 2.14. The van der Waals surface area contributed by atoms with Crippen molar-refractivity contribution in [1.82, 2.24) is 0 Å². The highest BCUT2D eigenvalue weighted by Crippen LogP contribution is 2.36. The van der Waals surface area contributed by atoms with E-state index in [9.17, 15) is 0 Å². The highest BCUT2D eigenvalue weighted by atomic mass is 32.2. The molecule has 0 saturated carbocycles. The van der Waals surface area contributed by atoms with Crippen LogP contribution in [0.1, 0.15) is 16.4 Å². The fourth-order valence-electron chi connectivity index (χ4n) is 1.43. The first-order valence-corrected chi connectivity index (χ1v) is 5.24. The van der Waals surface area contributed by atoms with Crippen LogP contribution in [0.3, 0.4) is 0 Å². The second-order valence-corrected chi connectivity index (χ2v) is 4.06. The van der Waals surface area contributed by atoms with Crippen molar-refractivity contribution in [3.05, 3.63) is 47.5 Å². The van der Waals surface area contributed by atoms with E-state index in [1.54, 1.807) is 0 Å². The quantitative estimate of drug-likeness (QED) is 0.631. The number of nitrogens with zero attached hydrogens (tertiary/aromatic N) is 1. The molecule has 1 aliphatic heterocycles. The minimum atomic E-state index is 0.385. The molecule has 1 unspecified atom stereocenters. The van der Waals surface area contributed by atoms with Crippen LogP contribution in [0.5, 0.6) is 0 Å². The number of rotatable bonds is 1. The zero-order chi connectivity index (χ0) is 9.10. The van der Waals surface area contributed by atoms with Crippen molar-refractivity contribution in [1.29, 1.82) is 5.26 Å². The summed E-state index contributed by atoms with van der Waals surface area (Å²) in [5, 5.41) is 9.28. The summed E-state index contributed by atoms with van der Waals surface area (Å²) in [7, 11) is 0. The van der Waals surface area contributed by atoms with E-state index >= 15 is 0 Å².